The number of hydrogen-bond acceptors (Lipinski definition) is 1. The molecule has 0 heterocycles. The molecule has 0 spiro atoms. The topological polar surface area (TPSA) is 50.4 Å². The Morgan fingerprint density at radius 3 is 2.31 bits per heavy atom. The number of halogens is 1. The van der Waals surface area contributed by atoms with Crippen molar-refractivity contribution in [3.05, 3.63) is 0 Å². The van der Waals surface area contributed by atoms with E-state index in [-0.39, 0.29) is 24.0 Å². The van der Waals surface area contributed by atoms with Gasteiger partial charge >= 0.3 is 0 Å². The molecule has 94 valence electrons. The smallest absolute Gasteiger partial charge is 0.188 e. The zero-order valence-electron chi connectivity index (χ0n) is 9.95. The van der Waals surface area contributed by atoms with Crippen LogP contribution in [-0.4, -0.2) is 18.5 Å². The molecule has 0 radical (unpaired) electrons. The van der Waals surface area contributed by atoms with Crippen molar-refractivity contribution in [1.29, 1.82) is 0 Å². The Morgan fingerprint density at radius 2 is 1.75 bits per heavy atom. The van der Waals surface area contributed by atoms with Crippen LogP contribution in [0.15, 0.2) is 4.99 Å². The molecule has 0 aromatic carbocycles. The van der Waals surface area contributed by atoms with Gasteiger partial charge < -0.3 is 11.1 Å². The minimum atomic E-state index is 0. The lowest BCUT2D eigenvalue weighted by atomic mass is 9.86. The van der Waals surface area contributed by atoms with Crippen molar-refractivity contribution in [2.75, 3.05) is 6.54 Å². The Kier molecular flexibility index (Phi) is 6.46. The van der Waals surface area contributed by atoms with E-state index < -0.39 is 0 Å². The number of guanidine groups is 1. The summed E-state index contributed by atoms with van der Waals surface area (Å²) in [5.74, 6) is 1.49. The number of aliphatic imine (C=N–C) groups is 1. The molecule has 2 saturated carbocycles. The van der Waals surface area contributed by atoms with Crippen LogP contribution in [0.1, 0.15) is 51.4 Å². The average molecular weight is 337 g/mol. The fourth-order valence-electron chi connectivity index (χ4n) is 2.40. The van der Waals surface area contributed by atoms with Crippen LogP contribution in [0.2, 0.25) is 0 Å². The second-order valence-electron chi connectivity index (χ2n) is 5.00. The van der Waals surface area contributed by atoms with E-state index in [4.69, 9.17) is 5.73 Å². The Labute approximate surface area is 116 Å². The zero-order valence-corrected chi connectivity index (χ0v) is 12.3. The SMILES string of the molecule is I.NC(=NCC1CCC1)NC1CCCCC1. The van der Waals surface area contributed by atoms with Gasteiger partial charge in [-0.05, 0) is 31.6 Å². The molecule has 0 saturated heterocycles. The van der Waals surface area contributed by atoms with Crippen molar-refractivity contribution in [3.63, 3.8) is 0 Å². The van der Waals surface area contributed by atoms with Crippen molar-refractivity contribution in [1.82, 2.24) is 5.32 Å². The summed E-state index contributed by atoms with van der Waals surface area (Å²) in [7, 11) is 0. The predicted molar refractivity (Wildman–Crippen MR) is 79.3 cm³/mol. The molecule has 16 heavy (non-hydrogen) atoms. The van der Waals surface area contributed by atoms with Gasteiger partial charge in [0.25, 0.3) is 0 Å². The normalized spacial score (nSPS) is 23.4. The van der Waals surface area contributed by atoms with E-state index in [0.29, 0.717) is 12.0 Å². The molecule has 0 bridgehead atoms. The van der Waals surface area contributed by atoms with Crippen LogP contribution in [0, 0.1) is 5.92 Å². The van der Waals surface area contributed by atoms with Crippen LogP contribution in [0.25, 0.3) is 0 Å². The molecule has 0 aliphatic heterocycles. The van der Waals surface area contributed by atoms with Gasteiger partial charge in [0.2, 0.25) is 0 Å². The van der Waals surface area contributed by atoms with Crippen molar-refractivity contribution < 1.29 is 0 Å². The Hall–Kier alpha value is 0. The highest BCUT2D eigenvalue weighted by Crippen LogP contribution is 2.26. The van der Waals surface area contributed by atoms with E-state index in [1.807, 2.05) is 0 Å². The second-order valence-corrected chi connectivity index (χ2v) is 5.00. The van der Waals surface area contributed by atoms with Crippen molar-refractivity contribution in [2.24, 2.45) is 16.6 Å². The molecule has 2 aliphatic rings. The van der Waals surface area contributed by atoms with Gasteiger partial charge in [0.1, 0.15) is 0 Å². The van der Waals surface area contributed by atoms with E-state index in [1.165, 1.54) is 51.4 Å². The molecular formula is C12H24IN3. The standard InChI is InChI=1S/C12H23N3.HI/c13-12(14-9-10-5-4-6-10)15-11-7-2-1-3-8-11;/h10-11H,1-9H2,(H3,13,14,15);1H. The van der Waals surface area contributed by atoms with Crippen LogP contribution in [-0.2, 0) is 0 Å². The number of hydrogen-bond donors (Lipinski definition) is 2. The molecule has 0 unspecified atom stereocenters. The minimum Gasteiger partial charge on any atom is -0.370 e. The van der Waals surface area contributed by atoms with Crippen LogP contribution in [0.3, 0.4) is 0 Å². The van der Waals surface area contributed by atoms with Gasteiger partial charge in [-0.15, -0.1) is 24.0 Å². The number of nitrogens with one attached hydrogen (secondary N) is 1. The number of nitrogens with zero attached hydrogens (tertiary/aromatic N) is 1. The van der Waals surface area contributed by atoms with Gasteiger partial charge in [0, 0.05) is 12.6 Å². The third-order valence-electron chi connectivity index (χ3n) is 3.70. The maximum Gasteiger partial charge on any atom is 0.188 e. The van der Waals surface area contributed by atoms with E-state index >= 15 is 0 Å². The van der Waals surface area contributed by atoms with E-state index in [2.05, 4.69) is 10.3 Å². The van der Waals surface area contributed by atoms with Crippen molar-refractivity contribution in [2.45, 2.75) is 57.4 Å². The maximum atomic E-state index is 5.87. The van der Waals surface area contributed by atoms with Crippen LogP contribution in [0.5, 0.6) is 0 Å². The molecule has 0 aromatic heterocycles. The molecule has 0 atom stereocenters. The molecule has 3 N–H and O–H groups in total. The van der Waals surface area contributed by atoms with Crippen LogP contribution in [0.4, 0.5) is 0 Å². The first-order chi connectivity index (χ1) is 7.34. The molecule has 0 aromatic rings. The highest BCUT2D eigenvalue weighted by molar-refractivity contribution is 14.0. The summed E-state index contributed by atoms with van der Waals surface area (Å²) in [6.45, 7) is 0.936. The van der Waals surface area contributed by atoms with E-state index in [0.717, 1.165) is 12.5 Å². The van der Waals surface area contributed by atoms with Gasteiger partial charge in [-0.1, -0.05) is 25.7 Å². The van der Waals surface area contributed by atoms with E-state index in [9.17, 15) is 0 Å². The van der Waals surface area contributed by atoms with Crippen molar-refractivity contribution >= 4 is 29.9 Å². The maximum absolute atomic E-state index is 5.87. The lowest BCUT2D eigenvalue weighted by Crippen LogP contribution is -2.41. The van der Waals surface area contributed by atoms with Crippen LogP contribution < -0.4 is 11.1 Å². The zero-order chi connectivity index (χ0) is 10.5. The first-order valence-corrected chi connectivity index (χ1v) is 6.41. The first-order valence-electron chi connectivity index (χ1n) is 6.41. The quantitative estimate of drug-likeness (QED) is 0.473. The summed E-state index contributed by atoms with van der Waals surface area (Å²) in [6, 6.07) is 0.587. The molecule has 2 fully saturated rings. The number of rotatable bonds is 3. The van der Waals surface area contributed by atoms with Gasteiger partial charge in [-0.25, -0.2) is 0 Å². The third-order valence-corrected chi connectivity index (χ3v) is 3.70. The lowest BCUT2D eigenvalue weighted by Gasteiger charge is -2.25. The predicted octanol–water partition coefficient (Wildman–Crippen LogP) is 2.64. The van der Waals surface area contributed by atoms with Gasteiger partial charge in [0.05, 0.1) is 0 Å². The highest BCUT2D eigenvalue weighted by atomic mass is 127. The molecule has 0 amide bonds. The fraction of sp³-hybridized carbons (Fsp3) is 0.917. The molecule has 4 heteroatoms. The highest BCUT2D eigenvalue weighted by Gasteiger charge is 2.17. The summed E-state index contributed by atoms with van der Waals surface area (Å²) in [4.78, 5) is 4.42. The minimum absolute atomic E-state index is 0. The van der Waals surface area contributed by atoms with Crippen molar-refractivity contribution in [3.8, 4) is 0 Å². The lowest BCUT2D eigenvalue weighted by molar-refractivity contribution is 0.325. The largest absolute Gasteiger partial charge is 0.370 e. The Morgan fingerprint density at radius 1 is 1.06 bits per heavy atom. The Balaban J connectivity index is 0.00000128. The summed E-state index contributed by atoms with van der Waals surface area (Å²) in [6.07, 6.45) is 10.7. The van der Waals surface area contributed by atoms with E-state index in [1.54, 1.807) is 0 Å². The monoisotopic (exact) mass is 337 g/mol. The molecule has 3 nitrogen and oxygen atoms in total. The summed E-state index contributed by atoms with van der Waals surface area (Å²) in [5.41, 5.74) is 5.87. The fourth-order valence-corrected chi connectivity index (χ4v) is 2.40. The van der Waals surface area contributed by atoms with Gasteiger partial charge in [-0.3, -0.25) is 4.99 Å². The number of nitrogens with two attached hydrogens (primary N) is 1. The van der Waals surface area contributed by atoms with Gasteiger partial charge in [0.15, 0.2) is 5.96 Å². The average Bonchev–Trinajstić information content (AvgIpc) is 2.17. The third kappa shape index (κ3) is 4.47. The van der Waals surface area contributed by atoms with Gasteiger partial charge in [-0.2, -0.15) is 0 Å². The summed E-state index contributed by atoms with van der Waals surface area (Å²) in [5, 5.41) is 3.35. The first kappa shape index (κ1) is 14.1. The molecule has 2 aliphatic carbocycles. The summed E-state index contributed by atoms with van der Waals surface area (Å²) < 4.78 is 0. The summed E-state index contributed by atoms with van der Waals surface area (Å²) >= 11 is 0. The Bertz CT molecular complexity index is 220. The molecule has 2 rings (SSSR count). The van der Waals surface area contributed by atoms with Crippen LogP contribution >= 0.6 is 24.0 Å². The second kappa shape index (κ2) is 7.35. The molecular weight excluding hydrogens is 313 g/mol.